The Morgan fingerprint density at radius 2 is 2.00 bits per heavy atom. The first-order valence-electron chi connectivity index (χ1n) is 5.42. The van der Waals surface area contributed by atoms with Gasteiger partial charge in [-0.2, -0.15) is 0 Å². The Hall–Kier alpha value is -2.11. The second kappa shape index (κ2) is 5.48. The van der Waals surface area contributed by atoms with E-state index in [2.05, 4.69) is 5.32 Å². The minimum absolute atomic E-state index is 0.000520. The monoisotopic (exact) mass is 254 g/mol. The number of halogens is 1. The number of carbonyl (C=O) groups is 2. The number of aliphatic carboxylic acids is 1. The van der Waals surface area contributed by atoms with Crippen LogP contribution in [0.25, 0.3) is 0 Å². The number of nitrogen functional groups attached to an aromatic ring is 1. The largest absolute Gasteiger partial charge is 0.481 e. The van der Waals surface area contributed by atoms with Crippen molar-refractivity contribution in [2.75, 3.05) is 5.73 Å². The smallest absolute Gasteiger partial charge is 0.308 e. The summed E-state index contributed by atoms with van der Waals surface area (Å²) in [6.45, 7) is 3.04. The van der Waals surface area contributed by atoms with E-state index in [1.54, 1.807) is 6.92 Å². The van der Waals surface area contributed by atoms with Gasteiger partial charge in [0.15, 0.2) is 0 Å². The number of benzene rings is 1. The molecular formula is C12H15FN2O3. The predicted octanol–water partition coefficient (Wildman–Crippen LogP) is 1.25. The third kappa shape index (κ3) is 2.97. The van der Waals surface area contributed by atoms with Crippen LogP contribution in [0.2, 0.25) is 0 Å². The SMILES string of the molecule is CC(NC(=O)c1cccc(F)c1N)C(C)C(=O)O. The lowest BCUT2D eigenvalue weighted by Gasteiger charge is -2.18. The highest BCUT2D eigenvalue weighted by Crippen LogP contribution is 2.16. The van der Waals surface area contributed by atoms with E-state index in [-0.39, 0.29) is 11.3 Å². The molecule has 18 heavy (non-hydrogen) atoms. The molecule has 0 aliphatic rings. The third-order valence-corrected chi connectivity index (χ3v) is 2.80. The molecular weight excluding hydrogens is 239 g/mol. The van der Waals surface area contributed by atoms with Gasteiger partial charge in [-0.25, -0.2) is 4.39 Å². The maximum atomic E-state index is 13.2. The van der Waals surface area contributed by atoms with Gasteiger partial charge in [-0.05, 0) is 26.0 Å². The minimum Gasteiger partial charge on any atom is -0.481 e. The molecule has 98 valence electrons. The van der Waals surface area contributed by atoms with E-state index in [0.29, 0.717) is 0 Å². The summed E-state index contributed by atoms with van der Waals surface area (Å²) in [5.74, 6) is -3.03. The van der Waals surface area contributed by atoms with Crippen molar-refractivity contribution in [2.45, 2.75) is 19.9 Å². The molecule has 0 fully saturated rings. The van der Waals surface area contributed by atoms with Crippen LogP contribution in [0.4, 0.5) is 10.1 Å². The summed E-state index contributed by atoms with van der Waals surface area (Å²) in [4.78, 5) is 22.5. The van der Waals surface area contributed by atoms with Crippen LogP contribution in [0.1, 0.15) is 24.2 Å². The molecule has 1 aromatic carbocycles. The molecule has 0 saturated heterocycles. The van der Waals surface area contributed by atoms with Crippen molar-refractivity contribution in [1.82, 2.24) is 5.32 Å². The summed E-state index contributed by atoms with van der Waals surface area (Å²) >= 11 is 0. The molecule has 5 nitrogen and oxygen atoms in total. The van der Waals surface area contributed by atoms with Crippen LogP contribution in [0.15, 0.2) is 18.2 Å². The fraction of sp³-hybridized carbons (Fsp3) is 0.333. The molecule has 0 saturated carbocycles. The number of amides is 1. The zero-order valence-electron chi connectivity index (χ0n) is 10.1. The zero-order chi connectivity index (χ0) is 13.9. The van der Waals surface area contributed by atoms with Gasteiger partial charge >= 0.3 is 5.97 Å². The van der Waals surface area contributed by atoms with Gasteiger partial charge in [-0.3, -0.25) is 9.59 Å². The molecule has 0 aliphatic carbocycles. The normalized spacial score (nSPS) is 13.7. The summed E-state index contributed by atoms with van der Waals surface area (Å²) in [5, 5.41) is 11.3. The fourth-order valence-corrected chi connectivity index (χ4v) is 1.36. The number of anilines is 1. The molecule has 0 heterocycles. The first-order valence-corrected chi connectivity index (χ1v) is 5.42. The lowest BCUT2D eigenvalue weighted by atomic mass is 10.0. The topological polar surface area (TPSA) is 92.4 Å². The zero-order valence-corrected chi connectivity index (χ0v) is 10.1. The van der Waals surface area contributed by atoms with E-state index in [0.717, 1.165) is 6.07 Å². The lowest BCUT2D eigenvalue weighted by molar-refractivity contribution is -0.141. The quantitative estimate of drug-likeness (QED) is 0.705. The maximum absolute atomic E-state index is 13.2. The van der Waals surface area contributed by atoms with Gasteiger partial charge in [-0.1, -0.05) is 6.07 Å². The van der Waals surface area contributed by atoms with Crippen molar-refractivity contribution in [3.05, 3.63) is 29.6 Å². The third-order valence-electron chi connectivity index (χ3n) is 2.80. The molecule has 1 amide bonds. The van der Waals surface area contributed by atoms with E-state index in [4.69, 9.17) is 10.8 Å². The molecule has 2 atom stereocenters. The summed E-state index contributed by atoms with van der Waals surface area (Å²) in [7, 11) is 0. The van der Waals surface area contributed by atoms with Crippen LogP contribution in [-0.2, 0) is 4.79 Å². The summed E-state index contributed by atoms with van der Waals surface area (Å²) in [6.07, 6.45) is 0. The van der Waals surface area contributed by atoms with E-state index in [1.165, 1.54) is 19.1 Å². The molecule has 0 radical (unpaired) electrons. The molecule has 0 aliphatic heterocycles. The van der Waals surface area contributed by atoms with Crippen molar-refractivity contribution in [3.63, 3.8) is 0 Å². The van der Waals surface area contributed by atoms with Gasteiger partial charge < -0.3 is 16.2 Å². The molecule has 0 bridgehead atoms. The van der Waals surface area contributed by atoms with Gasteiger partial charge in [0.2, 0.25) is 0 Å². The number of carboxylic acid groups (broad SMARTS) is 1. The standard InChI is InChI=1S/C12H15FN2O3/c1-6(12(17)18)7(2)15-11(16)8-4-3-5-9(13)10(8)14/h3-7H,14H2,1-2H3,(H,15,16)(H,17,18). The number of rotatable bonds is 4. The van der Waals surface area contributed by atoms with Crippen LogP contribution in [0, 0.1) is 11.7 Å². The molecule has 1 rings (SSSR count). The Morgan fingerprint density at radius 3 is 2.56 bits per heavy atom. The lowest BCUT2D eigenvalue weighted by Crippen LogP contribution is -2.40. The summed E-state index contributed by atoms with van der Waals surface area (Å²) in [5.41, 5.74) is 5.20. The fourth-order valence-electron chi connectivity index (χ4n) is 1.36. The Kier molecular flexibility index (Phi) is 4.25. The second-order valence-electron chi connectivity index (χ2n) is 4.09. The molecule has 2 unspecified atom stereocenters. The minimum atomic E-state index is -1.02. The number of carboxylic acids is 1. The van der Waals surface area contributed by atoms with Crippen LogP contribution >= 0.6 is 0 Å². The number of carbonyl (C=O) groups excluding carboxylic acids is 1. The van der Waals surface area contributed by atoms with Crippen molar-refractivity contribution in [1.29, 1.82) is 0 Å². The van der Waals surface area contributed by atoms with Gasteiger partial charge in [0, 0.05) is 6.04 Å². The molecule has 6 heteroatoms. The number of nitrogens with one attached hydrogen (secondary N) is 1. The van der Waals surface area contributed by atoms with Crippen molar-refractivity contribution >= 4 is 17.6 Å². The number of para-hydroxylation sites is 1. The van der Waals surface area contributed by atoms with Crippen molar-refractivity contribution in [2.24, 2.45) is 5.92 Å². The summed E-state index contributed by atoms with van der Waals surface area (Å²) in [6, 6.07) is 3.31. The highest BCUT2D eigenvalue weighted by atomic mass is 19.1. The van der Waals surface area contributed by atoms with Gasteiger partial charge in [0.1, 0.15) is 5.82 Å². The van der Waals surface area contributed by atoms with Crippen LogP contribution in [0.3, 0.4) is 0 Å². The molecule has 0 spiro atoms. The van der Waals surface area contributed by atoms with Crippen LogP contribution < -0.4 is 11.1 Å². The van der Waals surface area contributed by atoms with E-state index in [9.17, 15) is 14.0 Å². The first kappa shape index (κ1) is 14.0. The van der Waals surface area contributed by atoms with Gasteiger partial charge in [-0.15, -0.1) is 0 Å². The Morgan fingerprint density at radius 1 is 1.39 bits per heavy atom. The second-order valence-corrected chi connectivity index (χ2v) is 4.09. The maximum Gasteiger partial charge on any atom is 0.308 e. The van der Waals surface area contributed by atoms with E-state index >= 15 is 0 Å². The Labute approximate surface area is 104 Å². The Bertz CT molecular complexity index is 476. The average Bonchev–Trinajstić information content (AvgIpc) is 2.31. The van der Waals surface area contributed by atoms with Crippen LogP contribution in [-0.4, -0.2) is 23.0 Å². The van der Waals surface area contributed by atoms with Crippen LogP contribution in [0.5, 0.6) is 0 Å². The van der Waals surface area contributed by atoms with E-state index < -0.39 is 29.7 Å². The van der Waals surface area contributed by atoms with Crippen molar-refractivity contribution in [3.8, 4) is 0 Å². The molecule has 0 aromatic heterocycles. The number of hydrogen-bond acceptors (Lipinski definition) is 3. The van der Waals surface area contributed by atoms with Crippen molar-refractivity contribution < 1.29 is 19.1 Å². The van der Waals surface area contributed by atoms with Gasteiger partial charge in [0.05, 0.1) is 17.2 Å². The number of hydrogen-bond donors (Lipinski definition) is 3. The highest BCUT2D eigenvalue weighted by Gasteiger charge is 2.22. The highest BCUT2D eigenvalue weighted by molar-refractivity contribution is 5.99. The average molecular weight is 254 g/mol. The summed E-state index contributed by atoms with van der Waals surface area (Å²) < 4.78 is 13.2. The molecule has 4 N–H and O–H groups in total. The van der Waals surface area contributed by atoms with E-state index in [1.807, 2.05) is 0 Å². The first-order chi connectivity index (χ1) is 8.34. The number of nitrogens with two attached hydrogens (primary N) is 1. The predicted molar refractivity (Wildman–Crippen MR) is 64.5 cm³/mol. The Balaban J connectivity index is 2.83. The van der Waals surface area contributed by atoms with Gasteiger partial charge in [0.25, 0.3) is 5.91 Å². The molecule has 1 aromatic rings.